The number of halogens is 4. The van der Waals surface area contributed by atoms with Gasteiger partial charge in [0.15, 0.2) is 0 Å². The Hall–Kier alpha value is -1.62. The first-order chi connectivity index (χ1) is 10.1. The molecule has 1 atom stereocenters. The minimum Gasteiger partial charge on any atom is -0.448 e. The largest absolute Gasteiger partial charge is 0.448 e. The van der Waals surface area contributed by atoms with Gasteiger partial charge in [-0.2, -0.15) is 13.5 Å². The summed E-state index contributed by atoms with van der Waals surface area (Å²) in [5.74, 6) is 0.247. The van der Waals surface area contributed by atoms with Gasteiger partial charge in [0.1, 0.15) is 11.5 Å². The van der Waals surface area contributed by atoms with Gasteiger partial charge in [0.25, 0.3) is 12.9 Å². The summed E-state index contributed by atoms with van der Waals surface area (Å²) in [5, 5.41) is 12.0. The molecule has 1 aliphatic heterocycles. The highest BCUT2D eigenvalue weighted by atomic mass is 32.2. The lowest BCUT2D eigenvalue weighted by molar-refractivity contribution is -0.150. The first-order valence-electron chi connectivity index (χ1n) is 6.13. The summed E-state index contributed by atoms with van der Waals surface area (Å²) in [6.45, 7) is 1.66. The van der Waals surface area contributed by atoms with Gasteiger partial charge in [-0.05, 0) is 12.1 Å². The van der Waals surface area contributed by atoms with Crippen LogP contribution in [0.5, 0.6) is 0 Å². The van der Waals surface area contributed by atoms with Crippen molar-refractivity contribution in [1.82, 2.24) is 4.41 Å². The normalized spacial score (nSPS) is 22.7. The second-order valence-electron chi connectivity index (χ2n) is 4.57. The van der Waals surface area contributed by atoms with Crippen molar-refractivity contribution in [3.63, 3.8) is 0 Å². The number of alkyl halides is 4. The lowest BCUT2D eigenvalue weighted by Gasteiger charge is -2.29. The number of rotatable bonds is 5. The van der Waals surface area contributed by atoms with Crippen LogP contribution in [0, 0.1) is 0 Å². The van der Waals surface area contributed by atoms with Crippen molar-refractivity contribution < 1.29 is 35.5 Å². The second kappa shape index (κ2) is 5.54. The van der Waals surface area contributed by atoms with E-state index in [1.807, 2.05) is 0 Å². The molecule has 1 aliphatic rings. The first kappa shape index (κ1) is 16.7. The molecule has 0 saturated heterocycles. The summed E-state index contributed by atoms with van der Waals surface area (Å²) >= 11 is 0. The lowest BCUT2D eigenvalue weighted by atomic mass is 10.1. The molecular formula is C11H12F4N2O4S. The molecule has 0 aromatic carbocycles. The van der Waals surface area contributed by atoms with Crippen LogP contribution in [0.3, 0.4) is 0 Å². The third kappa shape index (κ3) is 2.58. The monoisotopic (exact) mass is 344 g/mol. The van der Waals surface area contributed by atoms with E-state index < -0.39 is 50.2 Å². The Kier molecular flexibility index (Phi) is 4.22. The highest BCUT2D eigenvalue weighted by molar-refractivity contribution is 7.89. The van der Waals surface area contributed by atoms with E-state index in [0.717, 1.165) is 6.07 Å². The van der Waals surface area contributed by atoms with Crippen LogP contribution in [0.4, 0.5) is 17.6 Å². The van der Waals surface area contributed by atoms with E-state index in [1.54, 1.807) is 6.92 Å². The summed E-state index contributed by atoms with van der Waals surface area (Å²) in [6, 6.07) is 2.28. The van der Waals surface area contributed by atoms with E-state index in [2.05, 4.69) is 5.10 Å². The molecule has 0 radical (unpaired) electrons. The Balaban J connectivity index is 2.50. The van der Waals surface area contributed by atoms with E-state index in [-0.39, 0.29) is 5.76 Å². The van der Waals surface area contributed by atoms with Crippen molar-refractivity contribution in [2.45, 2.75) is 43.4 Å². The van der Waals surface area contributed by atoms with Crippen LogP contribution in [0.25, 0.3) is 0 Å². The average Bonchev–Trinajstić information content (AvgIpc) is 3.04. The minimum absolute atomic E-state index is 0.247. The SMILES string of the molecule is CCc1ccc(S(=O)(=O)N2N=C(C(F)F)C[C@@]2(O)C(F)F)o1. The quantitative estimate of drug-likeness (QED) is 0.826. The molecule has 0 saturated carbocycles. The average molecular weight is 344 g/mol. The van der Waals surface area contributed by atoms with Gasteiger partial charge >= 0.3 is 10.0 Å². The van der Waals surface area contributed by atoms with Crippen molar-refractivity contribution >= 4 is 15.7 Å². The fourth-order valence-electron chi connectivity index (χ4n) is 1.89. The highest BCUT2D eigenvalue weighted by Crippen LogP contribution is 2.37. The summed E-state index contributed by atoms with van der Waals surface area (Å²) in [6.07, 6.45) is -7.86. The fraction of sp³-hybridized carbons (Fsp3) is 0.545. The van der Waals surface area contributed by atoms with E-state index >= 15 is 0 Å². The minimum atomic E-state index is -4.83. The Bertz CT molecular complexity index is 688. The molecule has 0 spiro atoms. The molecule has 0 aliphatic carbocycles. The van der Waals surface area contributed by atoms with Crippen molar-refractivity contribution in [2.75, 3.05) is 0 Å². The Morgan fingerprint density at radius 3 is 2.50 bits per heavy atom. The number of furan rings is 1. The maximum atomic E-state index is 13.0. The molecule has 0 bridgehead atoms. The van der Waals surface area contributed by atoms with Crippen LogP contribution in [-0.4, -0.2) is 42.2 Å². The van der Waals surface area contributed by atoms with Gasteiger partial charge < -0.3 is 9.52 Å². The van der Waals surface area contributed by atoms with Crippen LogP contribution in [0.1, 0.15) is 19.1 Å². The number of sulfonamides is 1. The maximum Gasteiger partial charge on any atom is 0.315 e. The van der Waals surface area contributed by atoms with Crippen LogP contribution in [0.15, 0.2) is 26.7 Å². The molecule has 0 unspecified atom stereocenters. The van der Waals surface area contributed by atoms with Crippen LogP contribution in [0.2, 0.25) is 0 Å². The van der Waals surface area contributed by atoms with Gasteiger partial charge in [0.2, 0.25) is 10.8 Å². The molecule has 1 aromatic rings. The zero-order valence-electron chi connectivity index (χ0n) is 11.2. The summed E-state index contributed by atoms with van der Waals surface area (Å²) < 4.78 is 80.3. The number of nitrogens with zero attached hydrogens (tertiary/aromatic N) is 2. The molecule has 1 N–H and O–H groups in total. The van der Waals surface area contributed by atoms with Crippen LogP contribution < -0.4 is 0 Å². The molecule has 124 valence electrons. The molecule has 6 nitrogen and oxygen atoms in total. The van der Waals surface area contributed by atoms with Gasteiger partial charge in [0.05, 0.1) is 0 Å². The lowest BCUT2D eigenvalue weighted by Crippen LogP contribution is -2.51. The van der Waals surface area contributed by atoms with Crippen LogP contribution in [-0.2, 0) is 16.4 Å². The van der Waals surface area contributed by atoms with Gasteiger partial charge in [-0.3, -0.25) is 0 Å². The summed E-state index contributed by atoms with van der Waals surface area (Å²) in [4.78, 5) is 0. The molecule has 0 amide bonds. The molecular weight excluding hydrogens is 332 g/mol. The number of aryl methyl sites for hydroxylation is 1. The highest BCUT2D eigenvalue weighted by Gasteiger charge is 2.56. The number of hydrogen-bond acceptors (Lipinski definition) is 5. The predicted octanol–water partition coefficient (Wildman–Crippen LogP) is 1.81. The van der Waals surface area contributed by atoms with Crippen molar-refractivity contribution in [1.29, 1.82) is 0 Å². The molecule has 0 fully saturated rings. The van der Waals surface area contributed by atoms with E-state index in [4.69, 9.17) is 4.42 Å². The third-order valence-electron chi connectivity index (χ3n) is 3.06. The van der Waals surface area contributed by atoms with E-state index in [0.29, 0.717) is 6.42 Å². The second-order valence-corrected chi connectivity index (χ2v) is 6.27. The Labute approximate surface area is 123 Å². The Morgan fingerprint density at radius 2 is 2.05 bits per heavy atom. The Morgan fingerprint density at radius 1 is 1.41 bits per heavy atom. The molecule has 2 heterocycles. The zero-order valence-corrected chi connectivity index (χ0v) is 12.0. The number of aliphatic hydroxyl groups is 1. The number of hydrazone groups is 1. The van der Waals surface area contributed by atoms with Gasteiger partial charge in [-0.25, -0.2) is 17.6 Å². The van der Waals surface area contributed by atoms with Gasteiger partial charge in [0, 0.05) is 12.8 Å². The van der Waals surface area contributed by atoms with Crippen LogP contribution >= 0.6 is 0 Å². The van der Waals surface area contributed by atoms with Crippen molar-refractivity contribution in [3.8, 4) is 0 Å². The van der Waals surface area contributed by atoms with E-state index in [9.17, 15) is 31.1 Å². The first-order valence-corrected chi connectivity index (χ1v) is 7.57. The van der Waals surface area contributed by atoms with Gasteiger partial charge in [-0.1, -0.05) is 6.92 Å². The molecule has 11 heteroatoms. The summed E-state index contributed by atoms with van der Waals surface area (Å²) in [7, 11) is -4.83. The molecule has 1 aromatic heterocycles. The van der Waals surface area contributed by atoms with Crippen molar-refractivity contribution in [3.05, 3.63) is 17.9 Å². The van der Waals surface area contributed by atoms with E-state index in [1.165, 1.54) is 6.07 Å². The third-order valence-corrected chi connectivity index (χ3v) is 4.64. The molecule has 2 rings (SSSR count). The number of hydrogen-bond donors (Lipinski definition) is 1. The smallest absolute Gasteiger partial charge is 0.315 e. The zero-order chi connectivity index (χ0) is 16.7. The standard InChI is InChI=1S/C11H12F4N2O4S/c1-2-6-3-4-8(21-6)22(19,20)17-11(18,10(14)15)5-7(16-17)9(12)13/h3-4,9-10,18H,2,5H2,1H3/t11-/m1/s1. The predicted molar refractivity (Wildman–Crippen MR) is 66.1 cm³/mol. The maximum absolute atomic E-state index is 13.0. The topological polar surface area (TPSA) is 83.1 Å². The fourth-order valence-corrected chi connectivity index (χ4v) is 3.28. The van der Waals surface area contributed by atoms with Crippen molar-refractivity contribution in [2.24, 2.45) is 5.10 Å². The van der Waals surface area contributed by atoms with Gasteiger partial charge in [-0.15, -0.1) is 4.41 Å². The molecule has 22 heavy (non-hydrogen) atoms. The summed E-state index contributed by atoms with van der Waals surface area (Å²) in [5.41, 5.74) is -4.52.